The van der Waals surface area contributed by atoms with Crippen molar-refractivity contribution in [3.05, 3.63) is 53.6 Å². The summed E-state index contributed by atoms with van der Waals surface area (Å²) in [5.41, 5.74) is 4.31. The first-order valence-electron chi connectivity index (χ1n) is 13.4. The molecule has 1 heterocycles. The van der Waals surface area contributed by atoms with Crippen molar-refractivity contribution < 1.29 is 9.59 Å². The molecular weight excluding hydrogens is 434 g/mol. The zero-order chi connectivity index (χ0) is 25.2. The largest absolute Gasteiger partial charge is 0.339 e. The molecule has 5 heteroatoms. The van der Waals surface area contributed by atoms with E-state index in [1.165, 1.54) is 0 Å². The lowest BCUT2D eigenvalue weighted by molar-refractivity contribution is 0.0749. The summed E-state index contributed by atoms with van der Waals surface area (Å²) in [6.07, 6.45) is 8.78. The number of benzene rings is 2. The summed E-state index contributed by atoms with van der Waals surface area (Å²) in [6.45, 7) is 10.6. The van der Waals surface area contributed by atoms with E-state index in [4.69, 9.17) is 4.98 Å². The summed E-state index contributed by atoms with van der Waals surface area (Å²) in [4.78, 5) is 32.2. The lowest BCUT2D eigenvalue weighted by atomic mass is 10.1. The Morgan fingerprint density at radius 1 is 0.800 bits per heavy atom. The summed E-state index contributed by atoms with van der Waals surface area (Å²) in [6, 6.07) is 13.6. The monoisotopic (exact) mass is 475 g/mol. The molecule has 0 unspecified atom stereocenters. The number of hydrogen-bond acceptors (Lipinski definition) is 3. The van der Waals surface area contributed by atoms with E-state index in [1.54, 1.807) is 6.92 Å². The highest BCUT2D eigenvalue weighted by molar-refractivity contribution is 5.98. The third-order valence-corrected chi connectivity index (χ3v) is 6.63. The summed E-state index contributed by atoms with van der Waals surface area (Å²) < 4.78 is 2.23. The molecule has 0 radical (unpaired) electrons. The predicted molar refractivity (Wildman–Crippen MR) is 145 cm³/mol. The van der Waals surface area contributed by atoms with Gasteiger partial charge in [-0.1, -0.05) is 77.1 Å². The highest BCUT2D eigenvalue weighted by Crippen LogP contribution is 2.27. The minimum absolute atomic E-state index is 0.0571. The SMILES string of the molecule is CCCCCN(CCCCC)C(=O)c1ccc2nc(-c3ccc(C(C)=O)cc3)n(CCCC)c2c1. The van der Waals surface area contributed by atoms with Gasteiger partial charge in [-0.2, -0.15) is 0 Å². The number of nitrogens with zero attached hydrogens (tertiary/aromatic N) is 3. The number of rotatable bonds is 14. The van der Waals surface area contributed by atoms with Gasteiger partial charge in [0, 0.05) is 36.3 Å². The number of aromatic nitrogens is 2. The van der Waals surface area contributed by atoms with Crippen LogP contribution in [0.25, 0.3) is 22.4 Å². The van der Waals surface area contributed by atoms with Gasteiger partial charge in [0.05, 0.1) is 11.0 Å². The number of amides is 1. The molecular formula is C30H41N3O2. The fraction of sp³-hybridized carbons (Fsp3) is 0.500. The third kappa shape index (κ3) is 6.81. The maximum Gasteiger partial charge on any atom is 0.253 e. The van der Waals surface area contributed by atoms with Crippen molar-refractivity contribution in [1.82, 2.24) is 14.5 Å². The minimum atomic E-state index is 0.0571. The van der Waals surface area contributed by atoms with Crippen LogP contribution in [-0.2, 0) is 6.54 Å². The molecule has 0 atom stereocenters. The van der Waals surface area contributed by atoms with E-state index in [0.29, 0.717) is 5.56 Å². The van der Waals surface area contributed by atoms with Crippen LogP contribution in [0.3, 0.4) is 0 Å². The van der Waals surface area contributed by atoms with Crippen molar-refractivity contribution >= 4 is 22.7 Å². The van der Waals surface area contributed by atoms with E-state index in [9.17, 15) is 9.59 Å². The summed E-state index contributed by atoms with van der Waals surface area (Å²) in [7, 11) is 0. The van der Waals surface area contributed by atoms with E-state index >= 15 is 0 Å². The van der Waals surface area contributed by atoms with Crippen LogP contribution in [0.5, 0.6) is 0 Å². The van der Waals surface area contributed by atoms with Gasteiger partial charge in [0.25, 0.3) is 5.91 Å². The Morgan fingerprint density at radius 3 is 1.97 bits per heavy atom. The van der Waals surface area contributed by atoms with Crippen molar-refractivity contribution in [2.24, 2.45) is 0 Å². The topological polar surface area (TPSA) is 55.2 Å². The van der Waals surface area contributed by atoms with Crippen LogP contribution < -0.4 is 0 Å². The number of hydrogen-bond donors (Lipinski definition) is 0. The molecule has 0 aliphatic rings. The second-order valence-electron chi connectivity index (χ2n) is 9.48. The molecule has 0 aliphatic carbocycles. The molecule has 2 aromatic carbocycles. The van der Waals surface area contributed by atoms with Crippen LogP contribution in [0.4, 0.5) is 0 Å². The van der Waals surface area contributed by atoms with Gasteiger partial charge >= 0.3 is 0 Å². The number of unbranched alkanes of at least 4 members (excludes halogenated alkanes) is 5. The average Bonchev–Trinajstić information content (AvgIpc) is 3.24. The van der Waals surface area contributed by atoms with Crippen LogP contribution in [-0.4, -0.2) is 39.2 Å². The van der Waals surface area contributed by atoms with E-state index < -0.39 is 0 Å². The first kappa shape index (κ1) is 26.7. The number of imidazole rings is 1. The molecule has 0 N–H and O–H groups in total. The van der Waals surface area contributed by atoms with Gasteiger partial charge in [0.15, 0.2) is 5.78 Å². The number of carbonyl (C=O) groups is 2. The molecule has 5 nitrogen and oxygen atoms in total. The first-order chi connectivity index (χ1) is 17.0. The number of fused-ring (bicyclic) bond motifs is 1. The lowest BCUT2D eigenvalue weighted by Gasteiger charge is -2.23. The number of Topliss-reactive ketones (excluding diaryl/α,β-unsaturated/α-hetero) is 1. The Labute approximate surface area is 210 Å². The van der Waals surface area contributed by atoms with Crippen molar-refractivity contribution in [2.75, 3.05) is 13.1 Å². The number of carbonyl (C=O) groups excluding carboxylic acids is 2. The smallest absolute Gasteiger partial charge is 0.253 e. The van der Waals surface area contributed by atoms with Crippen LogP contribution >= 0.6 is 0 Å². The molecule has 1 amide bonds. The normalized spacial score (nSPS) is 11.2. The summed E-state index contributed by atoms with van der Waals surface area (Å²) in [5.74, 6) is 1.06. The maximum absolute atomic E-state index is 13.5. The fourth-order valence-corrected chi connectivity index (χ4v) is 4.48. The fourth-order valence-electron chi connectivity index (χ4n) is 4.48. The Balaban J connectivity index is 1.97. The van der Waals surface area contributed by atoms with Crippen LogP contribution in [0.1, 0.15) is 99.8 Å². The Kier molecular flexibility index (Phi) is 10.1. The molecule has 3 aromatic rings. The molecule has 188 valence electrons. The molecule has 0 spiro atoms. The molecule has 3 rings (SSSR count). The van der Waals surface area contributed by atoms with Crippen molar-refractivity contribution in [1.29, 1.82) is 0 Å². The standard InChI is InChI=1S/C30H41N3O2/c1-5-8-11-19-32(20-12-9-6-2)30(35)26-17-18-27-28(22-26)33(21-10-7-3)29(31-27)25-15-13-24(14-16-25)23(4)34/h13-18,22H,5-12,19-21H2,1-4H3. The molecule has 0 saturated carbocycles. The Hall–Kier alpha value is -2.95. The van der Waals surface area contributed by atoms with Crippen LogP contribution in [0.2, 0.25) is 0 Å². The van der Waals surface area contributed by atoms with E-state index in [1.807, 2.05) is 47.4 Å². The molecule has 35 heavy (non-hydrogen) atoms. The van der Waals surface area contributed by atoms with Gasteiger partial charge in [0.2, 0.25) is 0 Å². The molecule has 0 aliphatic heterocycles. The van der Waals surface area contributed by atoms with Gasteiger partial charge in [-0.15, -0.1) is 0 Å². The Morgan fingerprint density at radius 2 is 1.40 bits per heavy atom. The zero-order valence-corrected chi connectivity index (χ0v) is 22.0. The van der Waals surface area contributed by atoms with Crippen molar-refractivity contribution in [3.8, 4) is 11.4 Å². The number of aryl methyl sites for hydroxylation is 1. The van der Waals surface area contributed by atoms with Gasteiger partial charge in [0.1, 0.15) is 5.82 Å². The van der Waals surface area contributed by atoms with Crippen molar-refractivity contribution in [2.45, 2.75) is 85.6 Å². The van der Waals surface area contributed by atoms with Gasteiger partial charge in [-0.05, 0) is 44.4 Å². The minimum Gasteiger partial charge on any atom is -0.339 e. The quantitative estimate of drug-likeness (QED) is 0.179. The van der Waals surface area contributed by atoms with E-state index in [-0.39, 0.29) is 11.7 Å². The summed E-state index contributed by atoms with van der Waals surface area (Å²) in [5, 5.41) is 0. The summed E-state index contributed by atoms with van der Waals surface area (Å²) >= 11 is 0. The van der Waals surface area contributed by atoms with E-state index in [0.717, 1.165) is 99.0 Å². The molecule has 0 fully saturated rings. The van der Waals surface area contributed by atoms with Crippen LogP contribution in [0.15, 0.2) is 42.5 Å². The number of ketones is 1. The third-order valence-electron chi connectivity index (χ3n) is 6.63. The lowest BCUT2D eigenvalue weighted by Crippen LogP contribution is -2.33. The van der Waals surface area contributed by atoms with E-state index in [2.05, 4.69) is 25.3 Å². The second kappa shape index (κ2) is 13.2. The Bertz CT molecular complexity index is 1100. The highest BCUT2D eigenvalue weighted by Gasteiger charge is 2.19. The second-order valence-corrected chi connectivity index (χ2v) is 9.48. The molecule has 0 bridgehead atoms. The highest BCUT2D eigenvalue weighted by atomic mass is 16.2. The van der Waals surface area contributed by atoms with Crippen LogP contribution in [0, 0.1) is 0 Å². The molecule has 0 saturated heterocycles. The van der Waals surface area contributed by atoms with Gasteiger partial charge in [-0.3, -0.25) is 9.59 Å². The maximum atomic E-state index is 13.5. The average molecular weight is 476 g/mol. The van der Waals surface area contributed by atoms with Gasteiger partial charge in [-0.25, -0.2) is 4.98 Å². The first-order valence-corrected chi connectivity index (χ1v) is 13.4. The van der Waals surface area contributed by atoms with Gasteiger partial charge < -0.3 is 9.47 Å². The molecule has 1 aromatic heterocycles. The zero-order valence-electron chi connectivity index (χ0n) is 22.0. The predicted octanol–water partition coefficient (Wildman–Crippen LogP) is 7.53. The van der Waals surface area contributed by atoms with Crippen molar-refractivity contribution in [3.63, 3.8) is 0 Å².